The molecule has 116 valence electrons. The van der Waals surface area contributed by atoms with Crippen LogP contribution in [0.15, 0.2) is 36.8 Å². The van der Waals surface area contributed by atoms with Gasteiger partial charge >= 0.3 is 5.92 Å². The third-order valence-electron chi connectivity index (χ3n) is 3.81. The van der Waals surface area contributed by atoms with E-state index in [4.69, 9.17) is 0 Å². The van der Waals surface area contributed by atoms with Crippen LogP contribution in [0.25, 0.3) is 5.82 Å². The Hall–Kier alpha value is -2.35. The summed E-state index contributed by atoms with van der Waals surface area (Å²) in [6, 6.07) is 4.60. The number of alkyl halides is 2. The van der Waals surface area contributed by atoms with E-state index in [9.17, 15) is 18.7 Å². The smallest absolute Gasteiger partial charge is 0.352 e. The predicted molar refractivity (Wildman–Crippen MR) is 73.7 cm³/mol. The number of carbonyl (C=O) groups excluding carboxylic acids is 1. The first-order valence-corrected chi connectivity index (χ1v) is 6.81. The monoisotopic (exact) mass is 308 g/mol. The van der Waals surface area contributed by atoms with Crippen molar-refractivity contribution >= 4 is 11.6 Å². The van der Waals surface area contributed by atoms with E-state index in [0.717, 1.165) is 0 Å². The number of rotatable bonds is 4. The molecule has 1 amide bonds. The number of amides is 1. The van der Waals surface area contributed by atoms with Gasteiger partial charge in [-0.15, -0.1) is 0 Å². The molecule has 2 N–H and O–H groups in total. The Labute approximate surface area is 124 Å². The average molecular weight is 308 g/mol. The topological polar surface area (TPSA) is 80.0 Å². The van der Waals surface area contributed by atoms with Gasteiger partial charge in [-0.05, 0) is 37.5 Å². The van der Waals surface area contributed by atoms with Crippen LogP contribution in [0.4, 0.5) is 14.5 Å². The van der Waals surface area contributed by atoms with E-state index in [1.165, 1.54) is 29.2 Å². The Kier molecular flexibility index (Phi) is 3.40. The van der Waals surface area contributed by atoms with E-state index in [-0.39, 0.29) is 24.3 Å². The lowest BCUT2D eigenvalue weighted by molar-refractivity contribution is -0.212. The molecule has 8 heteroatoms. The quantitative estimate of drug-likeness (QED) is 0.902. The molecule has 0 bridgehead atoms. The van der Waals surface area contributed by atoms with Crippen molar-refractivity contribution in [3.8, 4) is 5.82 Å². The number of hydrogen-bond donors (Lipinski definition) is 2. The van der Waals surface area contributed by atoms with Gasteiger partial charge in [0.15, 0.2) is 5.82 Å². The lowest BCUT2D eigenvalue weighted by Crippen LogP contribution is -2.59. The third-order valence-corrected chi connectivity index (χ3v) is 3.81. The molecule has 0 unspecified atom stereocenters. The van der Waals surface area contributed by atoms with Crippen LogP contribution in [0.3, 0.4) is 0 Å². The molecular weight excluding hydrogens is 294 g/mol. The summed E-state index contributed by atoms with van der Waals surface area (Å²) >= 11 is 0. The first kappa shape index (κ1) is 14.6. The molecular formula is C14H14F2N4O2. The molecule has 2 aromatic heterocycles. The molecule has 0 aliphatic heterocycles. The van der Waals surface area contributed by atoms with E-state index < -0.39 is 17.4 Å². The van der Waals surface area contributed by atoms with Gasteiger partial charge in [-0.25, -0.2) is 9.67 Å². The minimum atomic E-state index is -3.86. The second-order valence-electron chi connectivity index (χ2n) is 5.24. The molecule has 0 saturated heterocycles. The lowest BCUT2D eigenvalue weighted by atomic mass is 9.75. The number of pyridine rings is 1. The highest BCUT2D eigenvalue weighted by Crippen LogP contribution is 2.44. The Balaban J connectivity index is 1.86. The molecule has 1 fully saturated rings. The number of anilines is 1. The minimum absolute atomic E-state index is 0.0908. The highest BCUT2D eigenvalue weighted by Gasteiger charge is 2.61. The molecule has 3 rings (SSSR count). The molecule has 2 heterocycles. The van der Waals surface area contributed by atoms with E-state index in [1.54, 1.807) is 12.3 Å². The highest BCUT2D eigenvalue weighted by atomic mass is 19.3. The summed E-state index contributed by atoms with van der Waals surface area (Å²) in [6.45, 7) is 0. The first-order chi connectivity index (χ1) is 10.4. The molecule has 0 atom stereocenters. The van der Waals surface area contributed by atoms with Crippen molar-refractivity contribution < 1.29 is 18.7 Å². The SMILES string of the molecule is O=C(Nc1cccnc1-n1cccn1)C(F)(F)C1(O)CCC1. The maximum atomic E-state index is 14.1. The third kappa shape index (κ3) is 2.25. The number of hydrogen-bond acceptors (Lipinski definition) is 4. The first-order valence-electron chi connectivity index (χ1n) is 6.81. The van der Waals surface area contributed by atoms with Crippen molar-refractivity contribution in [2.24, 2.45) is 0 Å². The Morgan fingerprint density at radius 3 is 2.73 bits per heavy atom. The van der Waals surface area contributed by atoms with Gasteiger partial charge in [0.25, 0.3) is 5.91 Å². The molecule has 1 aliphatic rings. The zero-order valence-corrected chi connectivity index (χ0v) is 11.5. The van der Waals surface area contributed by atoms with Gasteiger partial charge in [0.1, 0.15) is 5.60 Å². The summed E-state index contributed by atoms with van der Waals surface area (Å²) in [5.74, 6) is -5.18. The lowest BCUT2D eigenvalue weighted by Gasteiger charge is -2.41. The molecule has 0 spiro atoms. The van der Waals surface area contributed by atoms with Gasteiger partial charge in [-0.2, -0.15) is 13.9 Å². The van der Waals surface area contributed by atoms with Gasteiger partial charge in [-0.3, -0.25) is 4.79 Å². The Morgan fingerprint density at radius 1 is 1.36 bits per heavy atom. The number of aromatic nitrogens is 3. The zero-order chi connectivity index (χ0) is 15.8. The van der Waals surface area contributed by atoms with Crippen LogP contribution in [-0.4, -0.2) is 37.3 Å². The molecule has 1 aliphatic carbocycles. The maximum absolute atomic E-state index is 14.1. The molecule has 0 aromatic carbocycles. The number of halogens is 2. The highest BCUT2D eigenvalue weighted by molar-refractivity contribution is 5.98. The van der Waals surface area contributed by atoms with Gasteiger partial charge in [0.05, 0.1) is 5.69 Å². The molecule has 0 radical (unpaired) electrons. The van der Waals surface area contributed by atoms with Gasteiger partial charge < -0.3 is 10.4 Å². The average Bonchev–Trinajstić information content (AvgIpc) is 2.99. The molecule has 6 nitrogen and oxygen atoms in total. The van der Waals surface area contributed by atoms with E-state index in [2.05, 4.69) is 15.4 Å². The van der Waals surface area contributed by atoms with Crippen LogP contribution in [0, 0.1) is 0 Å². The Morgan fingerprint density at radius 2 is 2.14 bits per heavy atom. The Bertz CT molecular complexity index is 684. The second kappa shape index (κ2) is 5.13. The summed E-state index contributed by atoms with van der Waals surface area (Å²) in [7, 11) is 0. The van der Waals surface area contributed by atoms with E-state index in [0.29, 0.717) is 6.42 Å². The van der Waals surface area contributed by atoms with E-state index >= 15 is 0 Å². The van der Waals surface area contributed by atoms with Crippen LogP contribution in [0.5, 0.6) is 0 Å². The fourth-order valence-corrected chi connectivity index (χ4v) is 2.31. The van der Waals surface area contributed by atoms with Crippen LogP contribution in [0.1, 0.15) is 19.3 Å². The minimum Gasteiger partial charge on any atom is -0.383 e. The standard InChI is InChI=1S/C14H14F2N4O2/c15-14(16,13(22)5-2-6-13)12(21)19-10-4-1-7-17-11(10)20-9-3-8-18-20/h1,3-4,7-9,22H,2,5-6H2,(H,19,21). The van der Waals surface area contributed by atoms with Gasteiger partial charge in [0, 0.05) is 18.6 Å². The number of carbonyl (C=O) groups is 1. The zero-order valence-electron chi connectivity index (χ0n) is 11.5. The van der Waals surface area contributed by atoms with Crippen molar-refractivity contribution in [3.05, 3.63) is 36.8 Å². The molecule has 2 aromatic rings. The van der Waals surface area contributed by atoms with E-state index in [1.807, 2.05) is 0 Å². The number of nitrogens with one attached hydrogen (secondary N) is 1. The maximum Gasteiger partial charge on any atom is 0.352 e. The summed E-state index contributed by atoms with van der Waals surface area (Å²) in [5.41, 5.74) is -2.16. The second-order valence-corrected chi connectivity index (χ2v) is 5.24. The fourth-order valence-electron chi connectivity index (χ4n) is 2.31. The van der Waals surface area contributed by atoms with Crippen molar-refractivity contribution in [2.75, 3.05) is 5.32 Å². The summed E-state index contributed by atoms with van der Waals surface area (Å²) in [5, 5.41) is 15.9. The summed E-state index contributed by atoms with van der Waals surface area (Å²) in [6.07, 6.45) is 4.84. The van der Waals surface area contributed by atoms with Crippen LogP contribution in [-0.2, 0) is 4.79 Å². The predicted octanol–water partition coefficient (Wildman–Crippen LogP) is 1.76. The molecule has 1 saturated carbocycles. The van der Waals surface area contributed by atoms with Crippen molar-refractivity contribution in [1.82, 2.24) is 14.8 Å². The fraction of sp³-hybridized carbons (Fsp3) is 0.357. The van der Waals surface area contributed by atoms with Crippen LogP contribution < -0.4 is 5.32 Å². The normalized spacial score (nSPS) is 16.9. The van der Waals surface area contributed by atoms with Gasteiger partial charge in [-0.1, -0.05) is 0 Å². The summed E-state index contributed by atoms with van der Waals surface area (Å²) < 4.78 is 29.6. The number of nitrogens with zero attached hydrogens (tertiary/aromatic N) is 3. The number of aliphatic hydroxyl groups is 1. The van der Waals surface area contributed by atoms with Crippen molar-refractivity contribution in [2.45, 2.75) is 30.8 Å². The summed E-state index contributed by atoms with van der Waals surface area (Å²) in [4.78, 5) is 15.9. The molecule has 22 heavy (non-hydrogen) atoms. The van der Waals surface area contributed by atoms with Crippen molar-refractivity contribution in [1.29, 1.82) is 0 Å². The largest absolute Gasteiger partial charge is 0.383 e. The van der Waals surface area contributed by atoms with Crippen LogP contribution >= 0.6 is 0 Å². The van der Waals surface area contributed by atoms with Crippen LogP contribution in [0.2, 0.25) is 0 Å². The van der Waals surface area contributed by atoms with Crippen molar-refractivity contribution in [3.63, 3.8) is 0 Å². The van der Waals surface area contributed by atoms with Gasteiger partial charge in [0.2, 0.25) is 0 Å².